The zero-order valence-electron chi connectivity index (χ0n) is 9.50. The molecule has 17 heavy (non-hydrogen) atoms. The number of hydrogen-bond acceptors (Lipinski definition) is 4. The maximum absolute atomic E-state index is 11.5. The van der Waals surface area contributed by atoms with Crippen molar-refractivity contribution in [3.63, 3.8) is 0 Å². The zero-order valence-corrected chi connectivity index (χ0v) is 9.50. The first-order valence-electron chi connectivity index (χ1n) is 5.25. The monoisotopic (exact) mass is 237 g/mol. The fourth-order valence-electron chi connectivity index (χ4n) is 1.29. The Morgan fingerprint density at radius 3 is 2.47 bits per heavy atom. The molecule has 92 valence electrons. The van der Waals surface area contributed by atoms with Crippen molar-refractivity contribution in [1.82, 2.24) is 0 Å². The maximum Gasteiger partial charge on any atom is 0.320 e. The molecule has 1 aromatic carbocycles. The van der Waals surface area contributed by atoms with Crippen LogP contribution >= 0.6 is 0 Å². The van der Waals surface area contributed by atoms with Gasteiger partial charge in [-0.15, -0.1) is 0 Å². The standard InChI is InChI=1S/C12H15NO4/c1-8(11(13)12(15)16)7-10(14)17-9-5-3-2-4-6-9/h2-6,8,11H,7,13H2,1H3,(H,15,16)/t8?,11-/m1/s1. The van der Waals surface area contributed by atoms with E-state index in [4.69, 9.17) is 15.6 Å². The van der Waals surface area contributed by atoms with Gasteiger partial charge in [-0.3, -0.25) is 9.59 Å². The normalized spacial score (nSPS) is 13.8. The third-order valence-electron chi connectivity index (χ3n) is 2.36. The van der Waals surface area contributed by atoms with Crippen LogP contribution in [-0.4, -0.2) is 23.1 Å². The summed E-state index contributed by atoms with van der Waals surface area (Å²) in [5.74, 6) is -1.64. The molecule has 0 radical (unpaired) electrons. The summed E-state index contributed by atoms with van der Waals surface area (Å²) in [5, 5.41) is 8.68. The molecule has 1 aromatic rings. The number of carboxylic acid groups (broad SMARTS) is 1. The lowest BCUT2D eigenvalue weighted by molar-refractivity contribution is -0.140. The van der Waals surface area contributed by atoms with Crippen molar-refractivity contribution in [2.45, 2.75) is 19.4 Å². The lowest BCUT2D eigenvalue weighted by atomic mass is 9.99. The molecule has 0 amide bonds. The van der Waals surface area contributed by atoms with Crippen molar-refractivity contribution in [2.75, 3.05) is 0 Å². The number of carboxylic acids is 1. The molecule has 0 bridgehead atoms. The molecule has 0 aliphatic carbocycles. The fourth-order valence-corrected chi connectivity index (χ4v) is 1.29. The van der Waals surface area contributed by atoms with Gasteiger partial charge in [0.2, 0.25) is 0 Å². The first-order valence-corrected chi connectivity index (χ1v) is 5.25. The molecule has 0 heterocycles. The van der Waals surface area contributed by atoms with E-state index in [2.05, 4.69) is 0 Å². The Hall–Kier alpha value is -1.88. The Bertz CT molecular complexity index is 391. The van der Waals surface area contributed by atoms with Crippen LogP contribution in [0, 0.1) is 5.92 Å². The van der Waals surface area contributed by atoms with Gasteiger partial charge in [0.05, 0.1) is 6.42 Å². The van der Waals surface area contributed by atoms with E-state index in [1.54, 1.807) is 37.3 Å². The summed E-state index contributed by atoms with van der Waals surface area (Å²) >= 11 is 0. The minimum absolute atomic E-state index is 0.0254. The fraction of sp³-hybridized carbons (Fsp3) is 0.333. The third-order valence-corrected chi connectivity index (χ3v) is 2.36. The summed E-state index contributed by atoms with van der Waals surface area (Å²) in [6.45, 7) is 1.60. The number of aliphatic carboxylic acids is 1. The van der Waals surface area contributed by atoms with Crippen molar-refractivity contribution in [3.05, 3.63) is 30.3 Å². The van der Waals surface area contributed by atoms with E-state index in [1.807, 2.05) is 0 Å². The number of esters is 1. The first kappa shape index (κ1) is 13.2. The molecule has 0 saturated heterocycles. The zero-order chi connectivity index (χ0) is 12.8. The second-order valence-electron chi connectivity index (χ2n) is 3.83. The van der Waals surface area contributed by atoms with Crippen molar-refractivity contribution in [1.29, 1.82) is 0 Å². The summed E-state index contributed by atoms with van der Waals surface area (Å²) < 4.78 is 5.03. The average Bonchev–Trinajstić information content (AvgIpc) is 2.28. The predicted molar refractivity (Wildman–Crippen MR) is 61.5 cm³/mol. The van der Waals surface area contributed by atoms with Crippen molar-refractivity contribution in [3.8, 4) is 5.75 Å². The molecule has 5 heteroatoms. The Morgan fingerprint density at radius 1 is 1.35 bits per heavy atom. The van der Waals surface area contributed by atoms with Crippen LogP contribution < -0.4 is 10.5 Å². The number of ether oxygens (including phenoxy) is 1. The summed E-state index contributed by atoms with van der Waals surface area (Å²) in [7, 11) is 0. The number of rotatable bonds is 5. The second kappa shape index (κ2) is 6.00. The highest BCUT2D eigenvalue weighted by Gasteiger charge is 2.23. The highest BCUT2D eigenvalue weighted by molar-refractivity contribution is 5.76. The van der Waals surface area contributed by atoms with Gasteiger partial charge in [-0.25, -0.2) is 0 Å². The number of hydrogen-bond donors (Lipinski definition) is 2. The van der Waals surface area contributed by atoms with Crippen LogP contribution in [0.1, 0.15) is 13.3 Å². The minimum atomic E-state index is -1.12. The van der Waals surface area contributed by atoms with Crippen LogP contribution in [-0.2, 0) is 9.59 Å². The van der Waals surface area contributed by atoms with E-state index in [9.17, 15) is 9.59 Å². The summed E-state index contributed by atoms with van der Waals surface area (Å²) in [4.78, 5) is 22.1. The van der Waals surface area contributed by atoms with Crippen LogP contribution in [0.25, 0.3) is 0 Å². The van der Waals surface area contributed by atoms with Gasteiger partial charge < -0.3 is 15.6 Å². The topological polar surface area (TPSA) is 89.6 Å². The highest BCUT2D eigenvalue weighted by Crippen LogP contribution is 2.13. The van der Waals surface area contributed by atoms with Crippen LogP contribution in [0.3, 0.4) is 0 Å². The second-order valence-corrected chi connectivity index (χ2v) is 3.83. The van der Waals surface area contributed by atoms with Crippen molar-refractivity contribution < 1.29 is 19.4 Å². The molecule has 0 fully saturated rings. The molecular formula is C12H15NO4. The van der Waals surface area contributed by atoms with Crippen LogP contribution in [0.5, 0.6) is 5.75 Å². The Labute approximate surface area is 99.2 Å². The summed E-state index contributed by atoms with van der Waals surface area (Å²) in [6, 6.07) is 7.54. The molecule has 3 N–H and O–H groups in total. The highest BCUT2D eigenvalue weighted by atomic mass is 16.5. The Morgan fingerprint density at radius 2 is 1.94 bits per heavy atom. The van der Waals surface area contributed by atoms with Gasteiger partial charge in [-0.05, 0) is 18.1 Å². The Kier molecular flexibility index (Phi) is 4.66. The van der Waals surface area contributed by atoms with Gasteiger partial charge in [0.1, 0.15) is 11.8 Å². The van der Waals surface area contributed by atoms with E-state index < -0.39 is 23.9 Å². The molecule has 0 aliphatic heterocycles. The molecule has 1 unspecified atom stereocenters. The number of carbonyl (C=O) groups excluding carboxylic acids is 1. The van der Waals surface area contributed by atoms with Crippen LogP contribution in [0.2, 0.25) is 0 Å². The number of carbonyl (C=O) groups is 2. The molecule has 0 aromatic heterocycles. The predicted octanol–water partition coefficient (Wildman–Crippen LogP) is 1.03. The van der Waals surface area contributed by atoms with Gasteiger partial charge in [0.15, 0.2) is 0 Å². The SMILES string of the molecule is CC(CC(=O)Oc1ccccc1)[C@@H](N)C(=O)O. The molecule has 0 aliphatic rings. The molecular weight excluding hydrogens is 222 g/mol. The Balaban J connectivity index is 2.48. The quantitative estimate of drug-likeness (QED) is 0.589. The summed E-state index contributed by atoms with van der Waals surface area (Å²) in [6.07, 6.45) is -0.0254. The van der Waals surface area contributed by atoms with Gasteiger partial charge in [-0.2, -0.15) is 0 Å². The molecule has 0 saturated carbocycles. The molecule has 5 nitrogen and oxygen atoms in total. The van der Waals surface area contributed by atoms with Gasteiger partial charge >= 0.3 is 11.9 Å². The summed E-state index contributed by atoms with van der Waals surface area (Å²) in [5.41, 5.74) is 5.39. The lowest BCUT2D eigenvalue weighted by Crippen LogP contribution is -2.38. The number of nitrogens with two attached hydrogens (primary N) is 1. The molecule has 0 spiro atoms. The van der Waals surface area contributed by atoms with Crippen molar-refractivity contribution >= 4 is 11.9 Å². The number of para-hydroxylation sites is 1. The van der Waals surface area contributed by atoms with E-state index in [0.717, 1.165) is 0 Å². The lowest BCUT2D eigenvalue weighted by Gasteiger charge is -2.14. The van der Waals surface area contributed by atoms with Gasteiger partial charge in [-0.1, -0.05) is 25.1 Å². The largest absolute Gasteiger partial charge is 0.480 e. The molecule has 1 rings (SSSR count). The first-order chi connectivity index (χ1) is 8.00. The minimum Gasteiger partial charge on any atom is -0.480 e. The van der Waals surface area contributed by atoms with Crippen LogP contribution in [0.4, 0.5) is 0 Å². The van der Waals surface area contributed by atoms with E-state index in [-0.39, 0.29) is 6.42 Å². The average molecular weight is 237 g/mol. The number of benzene rings is 1. The molecule has 2 atom stereocenters. The van der Waals surface area contributed by atoms with Crippen molar-refractivity contribution in [2.24, 2.45) is 11.7 Å². The third kappa shape index (κ3) is 4.24. The van der Waals surface area contributed by atoms with Gasteiger partial charge in [0.25, 0.3) is 0 Å². The van der Waals surface area contributed by atoms with E-state index in [1.165, 1.54) is 0 Å². The van der Waals surface area contributed by atoms with E-state index in [0.29, 0.717) is 5.75 Å². The smallest absolute Gasteiger partial charge is 0.320 e. The van der Waals surface area contributed by atoms with E-state index >= 15 is 0 Å². The maximum atomic E-state index is 11.5. The van der Waals surface area contributed by atoms with Gasteiger partial charge in [0, 0.05) is 0 Å². The van der Waals surface area contributed by atoms with Crippen LogP contribution in [0.15, 0.2) is 30.3 Å².